The second-order valence-electron chi connectivity index (χ2n) is 3.17. The van der Waals surface area contributed by atoms with E-state index in [-0.39, 0.29) is 11.7 Å². The third kappa shape index (κ3) is 1.36. The van der Waals surface area contributed by atoms with E-state index in [1.54, 1.807) is 0 Å². The van der Waals surface area contributed by atoms with E-state index in [0.29, 0.717) is 0 Å². The van der Waals surface area contributed by atoms with Crippen LogP contribution < -0.4 is 11.4 Å². The Hall–Kier alpha value is -1.55. The molecule has 0 fully saturated rings. The molecule has 0 aliphatic heterocycles. The van der Waals surface area contributed by atoms with Crippen molar-refractivity contribution in [3.63, 3.8) is 0 Å². The maximum atomic E-state index is 10.9. The normalized spacial score (nSPS) is 13.4. The number of aromatic nitrogens is 2. The molecular weight excluding hydrogens is 166 g/mol. The lowest BCUT2D eigenvalue weighted by Gasteiger charge is -2.03. The number of imidazole rings is 1. The van der Waals surface area contributed by atoms with Crippen LogP contribution in [0.4, 0.5) is 0 Å². The van der Waals surface area contributed by atoms with Crippen LogP contribution in [0.2, 0.25) is 0 Å². The van der Waals surface area contributed by atoms with Crippen molar-refractivity contribution in [3.05, 3.63) is 34.2 Å². The minimum absolute atomic E-state index is 0.0113. The summed E-state index contributed by atoms with van der Waals surface area (Å²) >= 11 is 0. The Morgan fingerprint density at radius 2 is 2.00 bits per heavy atom. The first-order valence-electron chi connectivity index (χ1n) is 4.14. The predicted molar refractivity (Wildman–Crippen MR) is 51.5 cm³/mol. The predicted octanol–water partition coefficient (Wildman–Crippen LogP) is 0.876. The van der Waals surface area contributed by atoms with Gasteiger partial charge in [0.2, 0.25) is 0 Å². The molecule has 4 heteroatoms. The fourth-order valence-corrected chi connectivity index (χ4v) is 1.33. The molecule has 0 spiro atoms. The molecule has 0 aliphatic rings. The van der Waals surface area contributed by atoms with Crippen molar-refractivity contribution in [2.24, 2.45) is 5.73 Å². The molecule has 0 radical (unpaired) electrons. The number of hydrogen-bond acceptors (Lipinski definition) is 2. The summed E-state index contributed by atoms with van der Waals surface area (Å²) < 4.78 is 0. The molecule has 0 bridgehead atoms. The van der Waals surface area contributed by atoms with Crippen LogP contribution in [0, 0.1) is 0 Å². The standard InChI is InChI=1S/C9H11N3O/c1-5(10)6-2-3-7-8(4-6)12-9(13)11-7/h2-5H,10H2,1H3,(H2,11,12,13). The fourth-order valence-electron chi connectivity index (χ4n) is 1.33. The van der Waals surface area contributed by atoms with E-state index in [9.17, 15) is 4.79 Å². The molecule has 0 saturated heterocycles. The van der Waals surface area contributed by atoms with Gasteiger partial charge in [-0.3, -0.25) is 0 Å². The third-order valence-corrected chi connectivity index (χ3v) is 2.07. The van der Waals surface area contributed by atoms with E-state index in [1.165, 1.54) is 0 Å². The van der Waals surface area contributed by atoms with Crippen LogP contribution in [0.3, 0.4) is 0 Å². The molecule has 1 atom stereocenters. The van der Waals surface area contributed by atoms with Gasteiger partial charge in [0.05, 0.1) is 11.0 Å². The van der Waals surface area contributed by atoms with E-state index in [0.717, 1.165) is 16.6 Å². The van der Waals surface area contributed by atoms with Gasteiger partial charge < -0.3 is 15.7 Å². The highest BCUT2D eigenvalue weighted by Crippen LogP contribution is 2.14. The van der Waals surface area contributed by atoms with Gasteiger partial charge in [-0.05, 0) is 24.6 Å². The summed E-state index contributed by atoms with van der Waals surface area (Å²) in [6.07, 6.45) is 0. The first-order chi connectivity index (χ1) is 6.16. The maximum Gasteiger partial charge on any atom is 0.323 e. The number of benzene rings is 1. The van der Waals surface area contributed by atoms with Crippen molar-refractivity contribution in [2.45, 2.75) is 13.0 Å². The lowest BCUT2D eigenvalue weighted by Crippen LogP contribution is -2.04. The summed E-state index contributed by atoms with van der Waals surface area (Å²) in [5, 5.41) is 0. The molecule has 1 heterocycles. The molecule has 0 amide bonds. The second kappa shape index (κ2) is 2.74. The summed E-state index contributed by atoms with van der Waals surface area (Å²) in [5.41, 5.74) is 8.16. The summed E-state index contributed by atoms with van der Waals surface area (Å²) in [5.74, 6) is 0. The first kappa shape index (κ1) is 8.07. The monoisotopic (exact) mass is 177 g/mol. The second-order valence-corrected chi connectivity index (χ2v) is 3.17. The highest BCUT2D eigenvalue weighted by atomic mass is 16.1. The largest absolute Gasteiger partial charge is 0.324 e. The summed E-state index contributed by atoms with van der Waals surface area (Å²) in [4.78, 5) is 16.3. The summed E-state index contributed by atoms with van der Waals surface area (Å²) in [6.45, 7) is 1.91. The van der Waals surface area contributed by atoms with Gasteiger partial charge >= 0.3 is 5.69 Å². The topological polar surface area (TPSA) is 74.7 Å². The lowest BCUT2D eigenvalue weighted by molar-refractivity contribution is 0.819. The molecule has 4 N–H and O–H groups in total. The van der Waals surface area contributed by atoms with Gasteiger partial charge in [-0.25, -0.2) is 4.79 Å². The van der Waals surface area contributed by atoms with Crippen molar-refractivity contribution < 1.29 is 0 Å². The highest BCUT2D eigenvalue weighted by Gasteiger charge is 2.02. The number of nitrogens with one attached hydrogen (secondary N) is 2. The van der Waals surface area contributed by atoms with Crippen molar-refractivity contribution in [1.82, 2.24) is 9.97 Å². The molecular formula is C9H11N3O. The van der Waals surface area contributed by atoms with E-state index >= 15 is 0 Å². The van der Waals surface area contributed by atoms with Crippen LogP contribution >= 0.6 is 0 Å². The number of hydrogen-bond donors (Lipinski definition) is 3. The van der Waals surface area contributed by atoms with Crippen LogP contribution in [-0.4, -0.2) is 9.97 Å². The first-order valence-corrected chi connectivity index (χ1v) is 4.14. The fraction of sp³-hybridized carbons (Fsp3) is 0.222. The molecule has 13 heavy (non-hydrogen) atoms. The molecule has 0 saturated carbocycles. The van der Waals surface area contributed by atoms with Gasteiger partial charge in [0.15, 0.2) is 0 Å². The zero-order valence-corrected chi connectivity index (χ0v) is 7.29. The Morgan fingerprint density at radius 3 is 2.69 bits per heavy atom. The zero-order valence-electron chi connectivity index (χ0n) is 7.29. The Labute approximate surface area is 74.8 Å². The number of nitrogens with two attached hydrogens (primary N) is 1. The number of aromatic amines is 2. The number of H-pyrrole nitrogens is 2. The van der Waals surface area contributed by atoms with Gasteiger partial charge in [-0.15, -0.1) is 0 Å². The Bertz CT molecular complexity index is 481. The Morgan fingerprint density at radius 1 is 1.31 bits per heavy atom. The van der Waals surface area contributed by atoms with Crippen molar-refractivity contribution >= 4 is 11.0 Å². The Kier molecular flexibility index (Phi) is 1.70. The van der Waals surface area contributed by atoms with Crippen molar-refractivity contribution in [3.8, 4) is 0 Å². The van der Waals surface area contributed by atoms with Crippen molar-refractivity contribution in [1.29, 1.82) is 0 Å². The molecule has 1 unspecified atom stereocenters. The molecule has 1 aromatic carbocycles. The van der Waals surface area contributed by atoms with Crippen LogP contribution in [0.5, 0.6) is 0 Å². The van der Waals surface area contributed by atoms with Gasteiger partial charge in [-0.1, -0.05) is 6.07 Å². The zero-order chi connectivity index (χ0) is 9.42. The quantitative estimate of drug-likeness (QED) is 0.604. The lowest BCUT2D eigenvalue weighted by atomic mass is 10.1. The molecule has 0 aliphatic carbocycles. The molecule has 2 aromatic rings. The average molecular weight is 177 g/mol. The molecule has 1 aromatic heterocycles. The van der Waals surface area contributed by atoms with Crippen LogP contribution in [0.15, 0.2) is 23.0 Å². The van der Waals surface area contributed by atoms with Crippen LogP contribution in [-0.2, 0) is 0 Å². The smallest absolute Gasteiger partial charge is 0.323 e. The minimum Gasteiger partial charge on any atom is -0.324 e. The third-order valence-electron chi connectivity index (χ3n) is 2.07. The SMILES string of the molecule is CC(N)c1ccc2[nH]c(=O)[nH]c2c1. The highest BCUT2D eigenvalue weighted by molar-refractivity contribution is 5.75. The van der Waals surface area contributed by atoms with E-state index in [1.807, 2.05) is 25.1 Å². The average Bonchev–Trinajstić information content (AvgIpc) is 2.42. The van der Waals surface area contributed by atoms with E-state index < -0.39 is 0 Å². The summed E-state index contributed by atoms with van der Waals surface area (Å²) in [7, 11) is 0. The van der Waals surface area contributed by atoms with Gasteiger partial charge in [0.1, 0.15) is 0 Å². The maximum absolute atomic E-state index is 10.9. The van der Waals surface area contributed by atoms with Gasteiger partial charge in [0.25, 0.3) is 0 Å². The molecule has 4 nitrogen and oxygen atoms in total. The van der Waals surface area contributed by atoms with Gasteiger partial charge in [0, 0.05) is 6.04 Å². The molecule has 68 valence electrons. The van der Waals surface area contributed by atoms with Crippen LogP contribution in [0.25, 0.3) is 11.0 Å². The van der Waals surface area contributed by atoms with Gasteiger partial charge in [-0.2, -0.15) is 0 Å². The minimum atomic E-state index is -0.183. The molecule has 2 rings (SSSR count). The van der Waals surface area contributed by atoms with Crippen molar-refractivity contribution in [2.75, 3.05) is 0 Å². The Balaban J connectivity index is 2.68. The number of rotatable bonds is 1. The van der Waals surface area contributed by atoms with E-state index in [4.69, 9.17) is 5.73 Å². The van der Waals surface area contributed by atoms with E-state index in [2.05, 4.69) is 9.97 Å². The number of fused-ring (bicyclic) bond motifs is 1. The van der Waals surface area contributed by atoms with Crippen LogP contribution in [0.1, 0.15) is 18.5 Å². The summed E-state index contributed by atoms with van der Waals surface area (Å²) in [6, 6.07) is 5.64.